The molecule has 0 fully saturated rings. The van der Waals surface area contributed by atoms with Crippen LogP contribution in [0.15, 0.2) is 24.8 Å². The van der Waals surface area contributed by atoms with Crippen LogP contribution in [0.1, 0.15) is 11.1 Å². The van der Waals surface area contributed by atoms with Crippen molar-refractivity contribution in [1.82, 2.24) is 29.9 Å². The topological polar surface area (TPSA) is 143 Å². The number of aromatic nitrogens is 6. The molecule has 3 N–H and O–H groups in total. The van der Waals surface area contributed by atoms with Crippen molar-refractivity contribution in [3.05, 3.63) is 41.9 Å². The second-order valence-electron chi connectivity index (χ2n) is 6.97. The number of nitrogens with zero attached hydrogens (tertiary/aromatic N) is 8. The maximum atomic E-state index is 13.7. The quantitative estimate of drug-likeness (QED) is 0.224. The number of hydrogen-bond acceptors (Lipinski definition) is 10. The van der Waals surface area contributed by atoms with Gasteiger partial charge < -0.3 is 20.3 Å². The van der Waals surface area contributed by atoms with Crippen LogP contribution in [0.3, 0.4) is 0 Å². The SMILES string of the molecule is CN(C)c1ncc(C(=N)N)cn1.COc1nc(-c2cnc(N(C)C)nc2)nc(F)c1C(F)(F)F.Cl. The van der Waals surface area contributed by atoms with Crippen LogP contribution >= 0.6 is 12.4 Å². The number of nitrogens with one attached hydrogen (secondary N) is 1. The van der Waals surface area contributed by atoms with Gasteiger partial charge in [-0.15, -0.1) is 12.4 Å². The Bertz CT molecular complexity index is 1130. The predicted octanol–water partition coefficient (Wildman–Crippen LogP) is 2.41. The summed E-state index contributed by atoms with van der Waals surface area (Å²) in [4.78, 5) is 26.1. The minimum absolute atomic E-state index is 0. The van der Waals surface area contributed by atoms with Crippen LogP contribution in [-0.4, -0.2) is 71.0 Å². The van der Waals surface area contributed by atoms with E-state index in [1.165, 1.54) is 24.8 Å². The van der Waals surface area contributed by atoms with Gasteiger partial charge in [0.1, 0.15) is 5.84 Å². The lowest BCUT2D eigenvalue weighted by Gasteiger charge is -2.13. The number of hydrogen-bond donors (Lipinski definition) is 2. The van der Waals surface area contributed by atoms with E-state index >= 15 is 0 Å². The van der Waals surface area contributed by atoms with Crippen molar-refractivity contribution in [2.45, 2.75) is 6.18 Å². The third-order valence-corrected chi connectivity index (χ3v) is 3.95. The number of anilines is 2. The molecule has 3 rings (SSSR count). The lowest BCUT2D eigenvalue weighted by Crippen LogP contribution is -2.15. The Kier molecular flexibility index (Phi) is 10.0. The maximum absolute atomic E-state index is 13.7. The van der Waals surface area contributed by atoms with Gasteiger partial charge in [0.15, 0.2) is 11.4 Å². The first-order valence-electron chi connectivity index (χ1n) is 9.37. The Morgan fingerprint density at radius 2 is 1.37 bits per heavy atom. The van der Waals surface area contributed by atoms with Crippen LogP contribution < -0.4 is 20.3 Å². The van der Waals surface area contributed by atoms with Gasteiger partial charge in [-0.2, -0.15) is 27.5 Å². The molecular formula is C19H23ClF4N10O. The van der Waals surface area contributed by atoms with E-state index in [-0.39, 0.29) is 29.6 Å². The molecule has 0 spiro atoms. The monoisotopic (exact) mass is 518 g/mol. The Morgan fingerprint density at radius 3 is 1.74 bits per heavy atom. The number of ether oxygens (including phenoxy) is 1. The number of nitrogens with two attached hydrogens (primary N) is 1. The summed E-state index contributed by atoms with van der Waals surface area (Å²) in [6.45, 7) is 0. The first-order valence-corrected chi connectivity index (χ1v) is 9.37. The molecular weight excluding hydrogens is 496 g/mol. The van der Waals surface area contributed by atoms with Gasteiger partial charge in [-0.05, 0) is 0 Å². The van der Waals surface area contributed by atoms with Crippen LogP contribution in [0, 0.1) is 11.4 Å². The second kappa shape index (κ2) is 12.0. The average Bonchev–Trinajstić information content (AvgIpc) is 2.78. The van der Waals surface area contributed by atoms with Gasteiger partial charge in [0.25, 0.3) is 0 Å². The van der Waals surface area contributed by atoms with Gasteiger partial charge >= 0.3 is 6.18 Å². The summed E-state index contributed by atoms with van der Waals surface area (Å²) in [5.74, 6) is -1.94. The van der Waals surface area contributed by atoms with Crippen molar-refractivity contribution in [3.63, 3.8) is 0 Å². The van der Waals surface area contributed by atoms with E-state index in [0.717, 1.165) is 7.11 Å². The molecule has 16 heteroatoms. The molecule has 0 radical (unpaired) electrons. The zero-order chi connectivity index (χ0) is 25.6. The molecule has 3 heterocycles. The second-order valence-corrected chi connectivity index (χ2v) is 6.97. The third kappa shape index (κ3) is 7.56. The van der Waals surface area contributed by atoms with Crippen molar-refractivity contribution in [2.75, 3.05) is 45.1 Å². The summed E-state index contributed by atoms with van der Waals surface area (Å²) in [5, 5.41) is 7.10. The lowest BCUT2D eigenvalue weighted by atomic mass is 10.2. The first kappa shape index (κ1) is 29.2. The summed E-state index contributed by atoms with van der Waals surface area (Å²) in [5.41, 5.74) is 4.29. The average molecular weight is 519 g/mol. The van der Waals surface area contributed by atoms with Gasteiger partial charge in [-0.3, -0.25) is 5.41 Å². The highest BCUT2D eigenvalue weighted by Crippen LogP contribution is 2.37. The lowest BCUT2D eigenvalue weighted by molar-refractivity contribution is -0.142. The molecule has 0 unspecified atom stereocenters. The summed E-state index contributed by atoms with van der Waals surface area (Å²) >= 11 is 0. The van der Waals surface area contributed by atoms with Gasteiger partial charge in [0, 0.05) is 53.0 Å². The fourth-order valence-corrected chi connectivity index (χ4v) is 2.29. The molecule has 0 aromatic carbocycles. The van der Waals surface area contributed by atoms with E-state index in [2.05, 4.69) is 34.6 Å². The molecule has 35 heavy (non-hydrogen) atoms. The molecule has 0 saturated carbocycles. The van der Waals surface area contributed by atoms with Crippen LogP contribution in [0.5, 0.6) is 5.88 Å². The molecule has 0 atom stereocenters. The fraction of sp³-hybridized carbons (Fsp3) is 0.316. The summed E-state index contributed by atoms with van der Waals surface area (Å²) in [6.07, 6.45) is 0.669. The van der Waals surface area contributed by atoms with E-state index in [4.69, 9.17) is 11.1 Å². The van der Waals surface area contributed by atoms with E-state index in [0.29, 0.717) is 17.5 Å². The van der Waals surface area contributed by atoms with E-state index in [9.17, 15) is 17.6 Å². The third-order valence-electron chi connectivity index (χ3n) is 3.95. The number of halogens is 5. The number of amidine groups is 1. The molecule has 3 aromatic heterocycles. The Balaban J connectivity index is 0.000000401. The van der Waals surface area contributed by atoms with Gasteiger partial charge in [-0.1, -0.05) is 0 Å². The first-order chi connectivity index (χ1) is 15.8. The molecule has 3 aromatic rings. The van der Waals surface area contributed by atoms with Crippen molar-refractivity contribution in [3.8, 4) is 17.3 Å². The van der Waals surface area contributed by atoms with Crippen LogP contribution in [0.25, 0.3) is 11.4 Å². The van der Waals surface area contributed by atoms with Crippen molar-refractivity contribution < 1.29 is 22.3 Å². The minimum Gasteiger partial charge on any atom is -0.480 e. The molecule has 0 aliphatic carbocycles. The molecule has 0 saturated heterocycles. The van der Waals surface area contributed by atoms with Gasteiger partial charge in [-0.25, -0.2) is 19.9 Å². The zero-order valence-electron chi connectivity index (χ0n) is 19.3. The smallest absolute Gasteiger partial charge is 0.426 e. The Labute approximate surface area is 204 Å². The standard InChI is InChI=1S/C12H11F4N5O.C7H11N5.ClH/c1-21(2)11-17-4-6(5-18-11)9-19-8(13)7(12(14,15)16)10(20-9)22-3;1-12(2)7-10-3-5(4-11-7)6(8)9;/h4-5H,1-3H3;3-4H,1-2H3,(H3,8,9);1H. The normalized spacial score (nSPS) is 10.4. The Hall–Kier alpha value is -3.88. The molecule has 11 nitrogen and oxygen atoms in total. The number of methoxy groups -OCH3 is 1. The highest BCUT2D eigenvalue weighted by molar-refractivity contribution is 5.94. The van der Waals surface area contributed by atoms with Crippen molar-refractivity contribution in [1.29, 1.82) is 5.41 Å². The zero-order valence-corrected chi connectivity index (χ0v) is 20.1. The summed E-state index contributed by atoms with van der Waals surface area (Å²) in [6, 6.07) is 0. The van der Waals surface area contributed by atoms with E-state index < -0.39 is 23.6 Å². The molecule has 0 bridgehead atoms. The highest BCUT2D eigenvalue weighted by atomic mass is 35.5. The summed E-state index contributed by atoms with van der Waals surface area (Å²) < 4.78 is 56.4. The number of alkyl halides is 3. The van der Waals surface area contributed by atoms with E-state index in [1.54, 1.807) is 23.9 Å². The van der Waals surface area contributed by atoms with Crippen molar-refractivity contribution in [2.24, 2.45) is 5.73 Å². The highest BCUT2D eigenvalue weighted by Gasteiger charge is 2.40. The summed E-state index contributed by atoms with van der Waals surface area (Å²) in [7, 11) is 8.09. The predicted molar refractivity (Wildman–Crippen MR) is 124 cm³/mol. The van der Waals surface area contributed by atoms with Crippen molar-refractivity contribution >= 4 is 30.1 Å². The largest absolute Gasteiger partial charge is 0.480 e. The molecule has 0 amide bonds. The maximum Gasteiger partial charge on any atom is 0.426 e. The number of nitrogen functional groups attached to an aromatic ring is 1. The van der Waals surface area contributed by atoms with Crippen LogP contribution in [0.2, 0.25) is 0 Å². The molecule has 0 aliphatic rings. The van der Waals surface area contributed by atoms with E-state index in [1.807, 2.05) is 14.1 Å². The Morgan fingerprint density at radius 1 is 0.914 bits per heavy atom. The fourth-order valence-electron chi connectivity index (χ4n) is 2.29. The minimum atomic E-state index is -4.96. The molecule has 190 valence electrons. The number of rotatable bonds is 5. The van der Waals surface area contributed by atoms with Crippen LogP contribution in [0.4, 0.5) is 29.5 Å². The molecule has 0 aliphatic heterocycles. The van der Waals surface area contributed by atoms with Crippen LogP contribution in [-0.2, 0) is 6.18 Å². The van der Waals surface area contributed by atoms with Gasteiger partial charge in [0.05, 0.1) is 18.2 Å². The van der Waals surface area contributed by atoms with Gasteiger partial charge in [0.2, 0.25) is 23.7 Å².